The third-order valence-electron chi connectivity index (χ3n) is 2.68. The van der Waals surface area contributed by atoms with Gasteiger partial charge in [0.15, 0.2) is 0 Å². The molecule has 2 aromatic rings. The van der Waals surface area contributed by atoms with Gasteiger partial charge in [-0.3, -0.25) is 0 Å². The second kappa shape index (κ2) is 5.89. The van der Waals surface area contributed by atoms with Gasteiger partial charge in [0.1, 0.15) is 18.5 Å². The number of hydrogen-bond acceptors (Lipinski definition) is 2. The fourth-order valence-corrected chi connectivity index (χ4v) is 1.89. The lowest BCUT2D eigenvalue weighted by Gasteiger charge is -2.14. The Morgan fingerprint density at radius 2 is 1.88 bits per heavy atom. The molecule has 0 fully saturated rings. The van der Waals surface area contributed by atoms with Gasteiger partial charge in [0.2, 0.25) is 0 Å². The predicted molar refractivity (Wildman–Crippen MR) is 71.0 cm³/mol. The highest BCUT2D eigenvalue weighted by atomic mass is 35.5. The number of alkyl halides is 1. The van der Waals surface area contributed by atoms with Crippen LogP contribution in [-0.4, -0.2) is 25.7 Å². The number of ether oxygens (including phenoxy) is 2. The number of methoxy groups -OCH3 is 1. The van der Waals surface area contributed by atoms with Crippen molar-refractivity contribution in [3.63, 3.8) is 0 Å². The molecule has 0 N–H and O–H groups in total. The van der Waals surface area contributed by atoms with Gasteiger partial charge in [-0.15, -0.1) is 11.6 Å². The van der Waals surface area contributed by atoms with Crippen LogP contribution in [0.15, 0.2) is 42.5 Å². The fraction of sp³-hybridized carbons (Fsp3) is 0.286. The van der Waals surface area contributed by atoms with E-state index in [1.54, 1.807) is 7.11 Å². The van der Waals surface area contributed by atoms with E-state index < -0.39 is 0 Å². The highest BCUT2D eigenvalue weighted by Gasteiger charge is 2.07. The lowest BCUT2D eigenvalue weighted by molar-refractivity contribution is 0.0746. The normalized spacial score (nSPS) is 12.6. The molecule has 0 aliphatic carbocycles. The maximum Gasteiger partial charge on any atom is 0.127 e. The lowest BCUT2D eigenvalue weighted by atomic mass is 10.1. The first-order chi connectivity index (χ1) is 8.35. The van der Waals surface area contributed by atoms with Gasteiger partial charge < -0.3 is 9.47 Å². The maximum atomic E-state index is 5.75. The van der Waals surface area contributed by atoms with Crippen molar-refractivity contribution >= 4 is 22.4 Å². The van der Waals surface area contributed by atoms with Gasteiger partial charge in [-0.05, 0) is 11.5 Å². The molecule has 0 aromatic heterocycles. The number of fused-ring (bicyclic) bond motifs is 1. The Morgan fingerprint density at radius 3 is 2.65 bits per heavy atom. The summed E-state index contributed by atoms with van der Waals surface area (Å²) in [5.41, 5.74) is 0. The van der Waals surface area contributed by atoms with Crippen LogP contribution in [0.5, 0.6) is 5.75 Å². The predicted octanol–water partition coefficient (Wildman–Crippen LogP) is 3.47. The molecule has 0 aliphatic heterocycles. The van der Waals surface area contributed by atoms with E-state index in [0.29, 0.717) is 12.5 Å². The first-order valence-corrected chi connectivity index (χ1v) is 6.08. The molecule has 2 rings (SSSR count). The van der Waals surface area contributed by atoms with E-state index in [2.05, 4.69) is 12.1 Å². The van der Waals surface area contributed by atoms with E-state index in [1.807, 2.05) is 30.3 Å². The van der Waals surface area contributed by atoms with E-state index in [0.717, 1.165) is 11.1 Å². The highest BCUT2D eigenvalue weighted by molar-refractivity contribution is 6.18. The van der Waals surface area contributed by atoms with E-state index in [1.165, 1.54) is 5.39 Å². The van der Waals surface area contributed by atoms with Gasteiger partial charge in [0.25, 0.3) is 0 Å². The summed E-state index contributed by atoms with van der Waals surface area (Å²) in [7, 11) is 1.64. The van der Waals surface area contributed by atoms with E-state index in [9.17, 15) is 0 Å². The topological polar surface area (TPSA) is 18.5 Å². The summed E-state index contributed by atoms with van der Waals surface area (Å²) >= 11 is 5.75. The van der Waals surface area contributed by atoms with Gasteiger partial charge in [-0.1, -0.05) is 36.4 Å². The fourth-order valence-electron chi connectivity index (χ4n) is 1.68. The maximum absolute atomic E-state index is 5.75. The first-order valence-electron chi connectivity index (χ1n) is 5.54. The largest absolute Gasteiger partial charge is 0.490 e. The second-order valence-electron chi connectivity index (χ2n) is 3.80. The number of benzene rings is 2. The zero-order chi connectivity index (χ0) is 12.1. The molecule has 0 bridgehead atoms. The van der Waals surface area contributed by atoms with Crippen LogP contribution in [0.25, 0.3) is 10.8 Å². The molecule has 17 heavy (non-hydrogen) atoms. The Balaban J connectivity index is 2.18. The Hall–Kier alpha value is -1.25. The van der Waals surface area contributed by atoms with Crippen LogP contribution in [0.3, 0.4) is 0 Å². The third kappa shape index (κ3) is 2.90. The van der Waals surface area contributed by atoms with Crippen molar-refractivity contribution in [3.8, 4) is 5.75 Å². The molecular formula is C14H15ClO2. The molecule has 0 unspecified atom stereocenters. The molecular weight excluding hydrogens is 236 g/mol. The number of hydrogen-bond donors (Lipinski definition) is 0. The zero-order valence-corrected chi connectivity index (χ0v) is 10.5. The summed E-state index contributed by atoms with van der Waals surface area (Å²) in [4.78, 5) is 0. The molecule has 0 aliphatic rings. The van der Waals surface area contributed by atoms with Crippen molar-refractivity contribution in [2.75, 3.05) is 19.6 Å². The average molecular weight is 251 g/mol. The molecule has 2 nitrogen and oxygen atoms in total. The van der Waals surface area contributed by atoms with Crippen LogP contribution in [0.4, 0.5) is 0 Å². The Morgan fingerprint density at radius 1 is 1.12 bits per heavy atom. The van der Waals surface area contributed by atoms with E-state index in [4.69, 9.17) is 21.1 Å². The molecule has 3 heteroatoms. The van der Waals surface area contributed by atoms with E-state index in [-0.39, 0.29) is 6.10 Å². The smallest absolute Gasteiger partial charge is 0.127 e. The third-order valence-corrected chi connectivity index (χ3v) is 3.02. The molecule has 0 amide bonds. The number of rotatable bonds is 5. The van der Waals surface area contributed by atoms with Crippen molar-refractivity contribution in [1.29, 1.82) is 0 Å². The SMILES string of the molecule is CO[C@@H](CCl)COc1cccc2ccccc12. The quantitative estimate of drug-likeness (QED) is 0.757. The molecule has 0 heterocycles. The first kappa shape index (κ1) is 12.2. The number of halogens is 1. The lowest BCUT2D eigenvalue weighted by Crippen LogP contribution is -2.21. The summed E-state index contributed by atoms with van der Waals surface area (Å²) in [6.45, 7) is 0.466. The average Bonchev–Trinajstić information content (AvgIpc) is 2.40. The summed E-state index contributed by atoms with van der Waals surface area (Å²) in [6.07, 6.45) is -0.0735. The zero-order valence-electron chi connectivity index (χ0n) is 9.73. The van der Waals surface area contributed by atoms with Crippen LogP contribution < -0.4 is 4.74 Å². The molecule has 0 radical (unpaired) electrons. The van der Waals surface area contributed by atoms with Gasteiger partial charge in [-0.2, -0.15) is 0 Å². The molecule has 0 spiro atoms. The molecule has 0 saturated heterocycles. The second-order valence-corrected chi connectivity index (χ2v) is 4.11. The van der Waals surface area contributed by atoms with Crippen molar-refractivity contribution < 1.29 is 9.47 Å². The monoisotopic (exact) mass is 250 g/mol. The standard InChI is InChI=1S/C14H15ClO2/c1-16-12(9-15)10-17-14-8-4-6-11-5-2-3-7-13(11)14/h2-8,12H,9-10H2,1H3/t12-/m0/s1. The molecule has 90 valence electrons. The van der Waals surface area contributed by atoms with Gasteiger partial charge >= 0.3 is 0 Å². The Labute approximate surface area is 106 Å². The summed E-state index contributed by atoms with van der Waals surface area (Å²) in [6, 6.07) is 14.2. The van der Waals surface area contributed by atoms with Crippen LogP contribution in [0, 0.1) is 0 Å². The molecule has 0 saturated carbocycles. The van der Waals surface area contributed by atoms with Gasteiger partial charge in [0, 0.05) is 12.5 Å². The minimum absolute atomic E-state index is 0.0735. The summed E-state index contributed by atoms with van der Waals surface area (Å²) in [5.74, 6) is 1.30. The van der Waals surface area contributed by atoms with Crippen LogP contribution in [-0.2, 0) is 4.74 Å². The van der Waals surface area contributed by atoms with Crippen LogP contribution in [0.1, 0.15) is 0 Å². The van der Waals surface area contributed by atoms with Crippen LogP contribution in [0.2, 0.25) is 0 Å². The summed E-state index contributed by atoms with van der Waals surface area (Å²) in [5, 5.41) is 2.28. The van der Waals surface area contributed by atoms with Crippen molar-refractivity contribution in [1.82, 2.24) is 0 Å². The van der Waals surface area contributed by atoms with Crippen molar-refractivity contribution in [2.45, 2.75) is 6.10 Å². The minimum atomic E-state index is -0.0735. The minimum Gasteiger partial charge on any atom is -0.490 e. The molecule has 1 atom stereocenters. The van der Waals surface area contributed by atoms with Crippen LogP contribution >= 0.6 is 11.6 Å². The molecule has 2 aromatic carbocycles. The Bertz CT molecular complexity index is 475. The summed E-state index contributed by atoms with van der Waals surface area (Å²) < 4.78 is 10.9. The van der Waals surface area contributed by atoms with E-state index >= 15 is 0 Å². The van der Waals surface area contributed by atoms with Gasteiger partial charge in [-0.25, -0.2) is 0 Å². The van der Waals surface area contributed by atoms with Gasteiger partial charge in [0.05, 0.1) is 5.88 Å². The van der Waals surface area contributed by atoms with Crippen molar-refractivity contribution in [3.05, 3.63) is 42.5 Å². The Kier molecular flexibility index (Phi) is 4.24. The highest BCUT2D eigenvalue weighted by Crippen LogP contribution is 2.25. The van der Waals surface area contributed by atoms with Crippen molar-refractivity contribution in [2.24, 2.45) is 0 Å².